The van der Waals surface area contributed by atoms with Crippen molar-refractivity contribution in [2.75, 3.05) is 0 Å². The van der Waals surface area contributed by atoms with Crippen molar-refractivity contribution >= 4 is 16.9 Å². The summed E-state index contributed by atoms with van der Waals surface area (Å²) >= 11 is 0. The molecule has 0 aliphatic rings. The van der Waals surface area contributed by atoms with Crippen LogP contribution in [0.5, 0.6) is 0 Å². The number of aromatic amines is 1. The minimum atomic E-state index is 0.0421. The summed E-state index contributed by atoms with van der Waals surface area (Å²) in [6.45, 7) is 2.00. The van der Waals surface area contributed by atoms with E-state index in [1.54, 1.807) is 18.3 Å². The number of amidine groups is 1. The van der Waals surface area contributed by atoms with Crippen molar-refractivity contribution in [1.82, 2.24) is 15.0 Å². The fourth-order valence-corrected chi connectivity index (χ4v) is 2.02. The number of aryl methyl sites for hydroxylation is 1. The second kappa shape index (κ2) is 4.20. The van der Waals surface area contributed by atoms with E-state index in [9.17, 15) is 0 Å². The molecule has 0 saturated carbocycles. The van der Waals surface area contributed by atoms with Gasteiger partial charge in [0.1, 0.15) is 11.5 Å². The van der Waals surface area contributed by atoms with Gasteiger partial charge in [0.25, 0.3) is 0 Å². The van der Waals surface area contributed by atoms with Crippen molar-refractivity contribution in [3.8, 4) is 11.5 Å². The fourth-order valence-electron chi connectivity index (χ4n) is 2.02. The van der Waals surface area contributed by atoms with Crippen LogP contribution in [0, 0.1) is 12.3 Å². The third kappa shape index (κ3) is 1.95. The maximum absolute atomic E-state index is 7.44. The van der Waals surface area contributed by atoms with Gasteiger partial charge in [-0.05, 0) is 36.8 Å². The lowest BCUT2D eigenvalue weighted by molar-refractivity contribution is 1.20. The number of nitrogen functional groups attached to an aromatic ring is 1. The van der Waals surface area contributed by atoms with E-state index in [1.807, 2.05) is 25.1 Å². The summed E-state index contributed by atoms with van der Waals surface area (Å²) in [5.74, 6) is 0.772. The average Bonchev–Trinajstić information content (AvgIpc) is 2.81. The summed E-state index contributed by atoms with van der Waals surface area (Å²) in [5, 5.41) is 7.44. The number of nitrogens with two attached hydrogens (primary N) is 1. The maximum atomic E-state index is 7.44. The highest BCUT2D eigenvalue weighted by atomic mass is 14.9. The predicted octanol–water partition coefficient (Wildman–Crippen LogP) is 2.22. The Labute approximate surface area is 110 Å². The van der Waals surface area contributed by atoms with E-state index in [2.05, 4.69) is 15.0 Å². The summed E-state index contributed by atoms with van der Waals surface area (Å²) in [6, 6.07) is 9.38. The number of nitrogens with one attached hydrogen (secondary N) is 2. The SMILES string of the molecule is Cc1cccnc1-c1nc2cc(C(=N)N)ccc2[nH]1. The van der Waals surface area contributed by atoms with Gasteiger partial charge in [0.2, 0.25) is 0 Å². The Morgan fingerprint density at radius 1 is 1.32 bits per heavy atom. The first-order chi connectivity index (χ1) is 9.15. The van der Waals surface area contributed by atoms with Crippen molar-refractivity contribution in [2.24, 2.45) is 5.73 Å². The molecule has 3 rings (SSSR count). The molecule has 5 nitrogen and oxygen atoms in total. The zero-order valence-corrected chi connectivity index (χ0v) is 10.4. The van der Waals surface area contributed by atoms with Gasteiger partial charge in [-0.3, -0.25) is 10.4 Å². The highest BCUT2D eigenvalue weighted by Crippen LogP contribution is 2.21. The van der Waals surface area contributed by atoms with Gasteiger partial charge < -0.3 is 10.7 Å². The van der Waals surface area contributed by atoms with Crippen LogP contribution in [0.2, 0.25) is 0 Å². The standard InChI is InChI=1S/C14H13N5/c1-8-3-2-6-17-12(8)14-18-10-5-4-9(13(15)16)7-11(10)19-14/h2-7H,1H3,(H3,15,16)(H,18,19). The van der Waals surface area contributed by atoms with Gasteiger partial charge in [0.15, 0.2) is 5.82 Å². The molecule has 0 spiro atoms. The molecule has 0 unspecified atom stereocenters. The lowest BCUT2D eigenvalue weighted by atomic mass is 10.2. The summed E-state index contributed by atoms with van der Waals surface area (Å²) in [7, 11) is 0. The smallest absolute Gasteiger partial charge is 0.157 e. The Balaban J connectivity index is 2.17. The van der Waals surface area contributed by atoms with Crippen molar-refractivity contribution in [3.05, 3.63) is 47.7 Å². The highest BCUT2D eigenvalue weighted by molar-refractivity contribution is 5.98. The third-order valence-corrected chi connectivity index (χ3v) is 3.03. The number of hydrogen-bond acceptors (Lipinski definition) is 3. The number of nitrogens with zero attached hydrogens (tertiary/aromatic N) is 2. The van der Waals surface area contributed by atoms with Gasteiger partial charge in [-0.25, -0.2) is 4.98 Å². The molecule has 2 heterocycles. The first-order valence-corrected chi connectivity index (χ1v) is 5.91. The highest BCUT2D eigenvalue weighted by Gasteiger charge is 2.09. The van der Waals surface area contributed by atoms with Crippen molar-refractivity contribution in [1.29, 1.82) is 5.41 Å². The topological polar surface area (TPSA) is 91.4 Å². The molecule has 0 aliphatic heterocycles. The number of fused-ring (bicyclic) bond motifs is 1. The van der Waals surface area contributed by atoms with Crippen LogP contribution in [-0.4, -0.2) is 20.8 Å². The fraction of sp³-hybridized carbons (Fsp3) is 0.0714. The predicted molar refractivity (Wildman–Crippen MR) is 75.1 cm³/mol. The molecule has 0 saturated heterocycles. The van der Waals surface area contributed by atoms with Crippen LogP contribution in [0.1, 0.15) is 11.1 Å². The molecule has 4 N–H and O–H groups in total. The molecule has 0 atom stereocenters. The Kier molecular flexibility index (Phi) is 2.52. The van der Waals surface area contributed by atoms with Crippen LogP contribution >= 0.6 is 0 Å². The minimum absolute atomic E-state index is 0.0421. The van der Waals surface area contributed by atoms with E-state index in [1.165, 1.54) is 0 Å². The third-order valence-electron chi connectivity index (χ3n) is 3.03. The van der Waals surface area contributed by atoms with Crippen LogP contribution in [0.25, 0.3) is 22.6 Å². The molecule has 0 radical (unpaired) electrons. The molecule has 0 amide bonds. The van der Waals surface area contributed by atoms with Crippen LogP contribution < -0.4 is 5.73 Å². The summed E-state index contributed by atoms with van der Waals surface area (Å²) in [4.78, 5) is 12.1. The molecule has 94 valence electrons. The van der Waals surface area contributed by atoms with E-state index in [0.29, 0.717) is 5.56 Å². The van der Waals surface area contributed by atoms with Crippen molar-refractivity contribution < 1.29 is 0 Å². The quantitative estimate of drug-likeness (QED) is 0.481. The number of benzene rings is 1. The lowest BCUT2D eigenvalue weighted by Gasteiger charge is -1.98. The molecule has 5 heteroatoms. The van der Waals surface area contributed by atoms with Gasteiger partial charge in [-0.15, -0.1) is 0 Å². The first-order valence-electron chi connectivity index (χ1n) is 5.91. The minimum Gasteiger partial charge on any atom is -0.384 e. The van der Waals surface area contributed by atoms with Crippen LogP contribution in [0.3, 0.4) is 0 Å². The van der Waals surface area contributed by atoms with Crippen molar-refractivity contribution in [2.45, 2.75) is 6.92 Å². The monoisotopic (exact) mass is 251 g/mol. The van der Waals surface area contributed by atoms with Crippen LogP contribution in [0.15, 0.2) is 36.5 Å². The largest absolute Gasteiger partial charge is 0.384 e. The summed E-state index contributed by atoms with van der Waals surface area (Å²) < 4.78 is 0. The molecular weight excluding hydrogens is 238 g/mol. The molecule has 0 aliphatic carbocycles. The average molecular weight is 251 g/mol. The second-order valence-electron chi connectivity index (χ2n) is 4.40. The van der Waals surface area contributed by atoms with Gasteiger partial charge in [0.05, 0.1) is 11.0 Å². The molecule has 19 heavy (non-hydrogen) atoms. The number of imidazole rings is 1. The first kappa shape index (κ1) is 11.4. The van der Waals surface area contributed by atoms with E-state index >= 15 is 0 Å². The van der Waals surface area contributed by atoms with E-state index < -0.39 is 0 Å². The molecule has 1 aromatic carbocycles. The Bertz CT molecular complexity index is 772. The molecular formula is C14H13N5. The summed E-state index contributed by atoms with van der Waals surface area (Å²) in [5.41, 5.74) is 9.74. The van der Waals surface area contributed by atoms with Gasteiger partial charge in [0, 0.05) is 11.8 Å². The number of aromatic nitrogens is 3. The number of rotatable bonds is 2. The number of H-pyrrole nitrogens is 1. The van der Waals surface area contributed by atoms with Crippen LogP contribution in [0.4, 0.5) is 0 Å². The molecule has 0 bridgehead atoms. The molecule has 2 aromatic heterocycles. The second-order valence-corrected chi connectivity index (χ2v) is 4.40. The maximum Gasteiger partial charge on any atom is 0.157 e. The Morgan fingerprint density at radius 2 is 2.16 bits per heavy atom. The van der Waals surface area contributed by atoms with Gasteiger partial charge in [-0.1, -0.05) is 6.07 Å². The summed E-state index contributed by atoms with van der Waals surface area (Å²) in [6.07, 6.45) is 1.75. The Morgan fingerprint density at radius 3 is 2.89 bits per heavy atom. The molecule has 0 fully saturated rings. The van der Waals surface area contributed by atoms with E-state index in [4.69, 9.17) is 11.1 Å². The van der Waals surface area contributed by atoms with E-state index in [-0.39, 0.29) is 5.84 Å². The zero-order chi connectivity index (χ0) is 13.4. The lowest BCUT2D eigenvalue weighted by Crippen LogP contribution is -2.10. The number of hydrogen-bond donors (Lipinski definition) is 3. The van der Waals surface area contributed by atoms with Gasteiger partial charge >= 0.3 is 0 Å². The van der Waals surface area contributed by atoms with E-state index in [0.717, 1.165) is 28.1 Å². The van der Waals surface area contributed by atoms with Crippen molar-refractivity contribution in [3.63, 3.8) is 0 Å². The van der Waals surface area contributed by atoms with Crippen LogP contribution in [-0.2, 0) is 0 Å². The Hall–Kier alpha value is -2.69. The molecule has 3 aromatic rings. The number of pyridine rings is 1. The normalized spacial score (nSPS) is 10.8. The zero-order valence-electron chi connectivity index (χ0n) is 10.4. The van der Waals surface area contributed by atoms with Gasteiger partial charge in [-0.2, -0.15) is 0 Å².